The van der Waals surface area contributed by atoms with Crippen molar-refractivity contribution in [3.05, 3.63) is 62.6 Å². The first-order chi connectivity index (χ1) is 9.60. The van der Waals surface area contributed by atoms with E-state index in [1.807, 2.05) is 25.2 Å². The van der Waals surface area contributed by atoms with E-state index in [9.17, 15) is 10.1 Å². The number of nitro benzene ring substituents is 1. The van der Waals surface area contributed by atoms with Crippen molar-refractivity contribution in [3.8, 4) is 11.5 Å². The fraction of sp³-hybridized carbons (Fsp3) is 0.143. The third-order valence-corrected chi connectivity index (χ3v) is 3.39. The van der Waals surface area contributed by atoms with E-state index in [2.05, 4.69) is 21.2 Å². The van der Waals surface area contributed by atoms with Gasteiger partial charge in [0.2, 0.25) is 0 Å². The maximum atomic E-state index is 10.7. The second-order valence-corrected chi connectivity index (χ2v) is 4.99. The number of ether oxygens (including phenoxy) is 1. The van der Waals surface area contributed by atoms with Crippen molar-refractivity contribution in [3.63, 3.8) is 0 Å². The van der Waals surface area contributed by atoms with Crippen molar-refractivity contribution < 1.29 is 9.66 Å². The Kier molecular flexibility index (Phi) is 4.70. The molecule has 104 valence electrons. The summed E-state index contributed by atoms with van der Waals surface area (Å²) in [7, 11) is 1.87. The molecule has 0 fully saturated rings. The van der Waals surface area contributed by atoms with Gasteiger partial charge in [-0.2, -0.15) is 0 Å². The Hall–Kier alpha value is -1.92. The highest BCUT2D eigenvalue weighted by Crippen LogP contribution is 2.28. The summed E-state index contributed by atoms with van der Waals surface area (Å²) in [6.45, 7) is 0.748. The van der Waals surface area contributed by atoms with Crippen LogP contribution in [-0.4, -0.2) is 12.0 Å². The molecule has 0 amide bonds. The van der Waals surface area contributed by atoms with Crippen LogP contribution in [0, 0.1) is 10.1 Å². The van der Waals surface area contributed by atoms with E-state index in [4.69, 9.17) is 4.74 Å². The zero-order chi connectivity index (χ0) is 14.5. The van der Waals surface area contributed by atoms with Crippen LogP contribution in [0.2, 0.25) is 0 Å². The maximum Gasteiger partial charge on any atom is 0.273 e. The Morgan fingerprint density at radius 3 is 2.65 bits per heavy atom. The van der Waals surface area contributed by atoms with Crippen LogP contribution in [0.4, 0.5) is 5.69 Å². The van der Waals surface area contributed by atoms with Crippen LogP contribution in [0.25, 0.3) is 0 Å². The van der Waals surface area contributed by atoms with Crippen LogP contribution in [0.3, 0.4) is 0 Å². The minimum Gasteiger partial charge on any atom is -0.457 e. The molecule has 0 heterocycles. The molecule has 0 bridgehead atoms. The molecule has 2 aromatic rings. The van der Waals surface area contributed by atoms with E-state index in [1.165, 1.54) is 12.1 Å². The standard InChI is InChI=1S/C14H13BrN2O3/c1-16-9-10-5-6-13(8-14(10)15)20-12-4-2-3-11(7-12)17(18)19/h2-8,16H,9H2,1H3. The quantitative estimate of drug-likeness (QED) is 0.664. The van der Waals surface area contributed by atoms with E-state index in [-0.39, 0.29) is 5.69 Å². The highest BCUT2D eigenvalue weighted by molar-refractivity contribution is 9.10. The first kappa shape index (κ1) is 14.5. The molecule has 0 spiro atoms. The summed E-state index contributed by atoms with van der Waals surface area (Å²) in [5.74, 6) is 1.06. The number of hydrogen-bond donors (Lipinski definition) is 1. The highest BCUT2D eigenvalue weighted by atomic mass is 79.9. The lowest BCUT2D eigenvalue weighted by atomic mass is 10.2. The number of halogens is 1. The van der Waals surface area contributed by atoms with Crippen molar-refractivity contribution in [2.75, 3.05) is 7.05 Å². The number of nitrogens with one attached hydrogen (secondary N) is 1. The summed E-state index contributed by atoms with van der Waals surface area (Å²) >= 11 is 3.47. The van der Waals surface area contributed by atoms with Gasteiger partial charge < -0.3 is 10.1 Å². The van der Waals surface area contributed by atoms with Gasteiger partial charge in [-0.3, -0.25) is 10.1 Å². The minimum absolute atomic E-state index is 0.00775. The van der Waals surface area contributed by atoms with E-state index in [0.717, 1.165) is 16.6 Å². The molecular weight excluding hydrogens is 324 g/mol. The highest BCUT2D eigenvalue weighted by Gasteiger charge is 2.08. The predicted octanol–water partition coefficient (Wildman–Crippen LogP) is 3.87. The molecule has 5 nitrogen and oxygen atoms in total. The topological polar surface area (TPSA) is 64.4 Å². The lowest BCUT2D eigenvalue weighted by Gasteiger charge is -2.08. The van der Waals surface area contributed by atoms with Crippen LogP contribution in [0.5, 0.6) is 11.5 Å². The van der Waals surface area contributed by atoms with Crippen LogP contribution in [0.15, 0.2) is 46.9 Å². The Morgan fingerprint density at radius 2 is 2.00 bits per heavy atom. The molecule has 20 heavy (non-hydrogen) atoms. The molecule has 2 aromatic carbocycles. The molecule has 0 unspecified atom stereocenters. The molecule has 0 aliphatic heterocycles. The van der Waals surface area contributed by atoms with Gasteiger partial charge in [-0.1, -0.05) is 28.1 Å². The summed E-state index contributed by atoms with van der Waals surface area (Å²) < 4.78 is 6.55. The third-order valence-electron chi connectivity index (χ3n) is 2.66. The fourth-order valence-corrected chi connectivity index (χ4v) is 2.22. The van der Waals surface area contributed by atoms with Crippen LogP contribution >= 0.6 is 15.9 Å². The van der Waals surface area contributed by atoms with Gasteiger partial charge in [0.05, 0.1) is 11.0 Å². The van der Waals surface area contributed by atoms with Crippen molar-refractivity contribution in [2.24, 2.45) is 0 Å². The molecule has 0 saturated carbocycles. The van der Waals surface area contributed by atoms with E-state index >= 15 is 0 Å². The molecule has 0 aliphatic carbocycles. The lowest BCUT2D eigenvalue weighted by Crippen LogP contribution is -2.05. The van der Waals surface area contributed by atoms with Gasteiger partial charge >= 0.3 is 0 Å². The lowest BCUT2D eigenvalue weighted by molar-refractivity contribution is -0.384. The molecule has 0 radical (unpaired) electrons. The van der Waals surface area contributed by atoms with Gasteiger partial charge in [0.25, 0.3) is 5.69 Å². The normalized spacial score (nSPS) is 10.3. The zero-order valence-electron chi connectivity index (χ0n) is 10.8. The van der Waals surface area contributed by atoms with Gasteiger partial charge in [-0.15, -0.1) is 0 Å². The van der Waals surface area contributed by atoms with E-state index in [0.29, 0.717) is 11.5 Å². The predicted molar refractivity (Wildman–Crippen MR) is 80.1 cm³/mol. The first-order valence-corrected chi connectivity index (χ1v) is 6.75. The molecule has 2 rings (SSSR count). The summed E-state index contributed by atoms with van der Waals surface area (Å²) in [5, 5.41) is 13.8. The summed E-state index contributed by atoms with van der Waals surface area (Å²) in [6, 6.07) is 11.7. The fourth-order valence-electron chi connectivity index (χ4n) is 1.72. The molecular formula is C14H13BrN2O3. The molecule has 0 atom stereocenters. The van der Waals surface area contributed by atoms with Crippen LogP contribution in [-0.2, 0) is 6.54 Å². The molecule has 0 aromatic heterocycles. The number of nitrogens with zero attached hydrogens (tertiary/aromatic N) is 1. The van der Waals surface area contributed by atoms with Crippen LogP contribution in [0.1, 0.15) is 5.56 Å². The van der Waals surface area contributed by atoms with Gasteiger partial charge in [0.15, 0.2) is 0 Å². The summed E-state index contributed by atoms with van der Waals surface area (Å²) in [6.07, 6.45) is 0. The third kappa shape index (κ3) is 3.55. The maximum absolute atomic E-state index is 10.7. The number of hydrogen-bond acceptors (Lipinski definition) is 4. The van der Waals surface area contributed by atoms with E-state index in [1.54, 1.807) is 12.1 Å². The van der Waals surface area contributed by atoms with Crippen LogP contribution < -0.4 is 10.1 Å². The molecule has 6 heteroatoms. The first-order valence-electron chi connectivity index (χ1n) is 5.95. The van der Waals surface area contributed by atoms with Crippen molar-refractivity contribution in [2.45, 2.75) is 6.54 Å². The largest absolute Gasteiger partial charge is 0.457 e. The van der Waals surface area contributed by atoms with Crippen molar-refractivity contribution >= 4 is 21.6 Å². The van der Waals surface area contributed by atoms with Gasteiger partial charge in [-0.05, 0) is 30.8 Å². The number of benzene rings is 2. The van der Waals surface area contributed by atoms with Gasteiger partial charge in [-0.25, -0.2) is 0 Å². The molecule has 1 N–H and O–H groups in total. The molecule has 0 saturated heterocycles. The molecule has 0 aliphatic rings. The Morgan fingerprint density at radius 1 is 1.25 bits per heavy atom. The van der Waals surface area contributed by atoms with Crippen molar-refractivity contribution in [1.82, 2.24) is 5.32 Å². The Labute approximate surface area is 124 Å². The average Bonchev–Trinajstić information content (AvgIpc) is 2.42. The van der Waals surface area contributed by atoms with Crippen molar-refractivity contribution in [1.29, 1.82) is 0 Å². The van der Waals surface area contributed by atoms with Gasteiger partial charge in [0.1, 0.15) is 11.5 Å². The Bertz CT molecular complexity index is 632. The van der Waals surface area contributed by atoms with Gasteiger partial charge in [0, 0.05) is 17.1 Å². The summed E-state index contributed by atoms with van der Waals surface area (Å²) in [4.78, 5) is 10.3. The monoisotopic (exact) mass is 336 g/mol. The Balaban J connectivity index is 2.19. The minimum atomic E-state index is -0.446. The second kappa shape index (κ2) is 6.49. The average molecular weight is 337 g/mol. The number of non-ortho nitro benzene ring substituents is 1. The summed E-state index contributed by atoms with van der Waals surface area (Å²) in [5.41, 5.74) is 1.12. The van der Waals surface area contributed by atoms with E-state index < -0.39 is 4.92 Å². The number of nitro groups is 1. The number of rotatable bonds is 5. The smallest absolute Gasteiger partial charge is 0.273 e. The second-order valence-electron chi connectivity index (χ2n) is 4.14. The zero-order valence-corrected chi connectivity index (χ0v) is 12.4. The SMILES string of the molecule is CNCc1ccc(Oc2cccc([N+](=O)[O-])c2)cc1Br.